The van der Waals surface area contributed by atoms with E-state index in [0.717, 1.165) is 16.5 Å². The summed E-state index contributed by atoms with van der Waals surface area (Å²) in [5, 5.41) is 3.41. The number of hydroxylamine groups is 1. The maximum Gasteiger partial charge on any atom is 0.266 e. The van der Waals surface area contributed by atoms with Gasteiger partial charge in [0.15, 0.2) is 17.6 Å². The number of anilines is 2. The second-order valence-corrected chi connectivity index (χ2v) is 9.13. The Bertz CT molecular complexity index is 1510. The molecule has 0 unspecified atom stereocenters. The van der Waals surface area contributed by atoms with E-state index in [4.69, 9.17) is 19.0 Å². The van der Waals surface area contributed by atoms with Crippen LogP contribution in [-0.2, 0) is 14.4 Å². The predicted octanol–water partition coefficient (Wildman–Crippen LogP) is 4.92. The van der Waals surface area contributed by atoms with Gasteiger partial charge in [0.1, 0.15) is 5.92 Å². The van der Waals surface area contributed by atoms with Gasteiger partial charge in [-0.3, -0.25) is 14.4 Å². The molecule has 0 bridgehead atoms. The summed E-state index contributed by atoms with van der Waals surface area (Å²) in [6, 6.07) is 25.7. The van der Waals surface area contributed by atoms with Crippen LogP contribution in [0, 0.1) is 5.92 Å². The third-order valence-electron chi connectivity index (χ3n) is 7.16. The Balaban J connectivity index is 1.50. The fourth-order valence-electron chi connectivity index (χ4n) is 5.47. The molecule has 2 aliphatic rings. The van der Waals surface area contributed by atoms with Crippen molar-refractivity contribution in [3.8, 4) is 17.2 Å². The standard InChI is InChI=1S/C30H26N2O6/c1-35-23-16-19(17-24(36-2)27(23)37-3)26-25-28(38-32(26)20-12-5-4-6-13-20)30(34)31(29(25)33)22-15-9-11-18-10-7-8-14-21(18)22/h4-17,25-26,28H,1-3H3/t25-,26+,28+/m1/s1. The van der Waals surface area contributed by atoms with Crippen molar-refractivity contribution in [3.63, 3.8) is 0 Å². The lowest BCUT2D eigenvalue weighted by atomic mass is 9.90. The van der Waals surface area contributed by atoms with Crippen molar-refractivity contribution < 1.29 is 28.6 Å². The molecule has 0 N–H and O–H groups in total. The molecule has 4 aromatic carbocycles. The number of rotatable bonds is 6. The Morgan fingerprint density at radius 2 is 1.39 bits per heavy atom. The molecule has 3 atom stereocenters. The van der Waals surface area contributed by atoms with E-state index >= 15 is 0 Å². The van der Waals surface area contributed by atoms with Crippen LogP contribution in [0.15, 0.2) is 84.9 Å². The van der Waals surface area contributed by atoms with E-state index in [1.165, 1.54) is 26.2 Å². The van der Waals surface area contributed by atoms with Crippen LogP contribution in [-0.4, -0.2) is 39.2 Å². The van der Waals surface area contributed by atoms with Gasteiger partial charge in [-0.25, -0.2) is 9.96 Å². The zero-order valence-corrected chi connectivity index (χ0v) is 21.2. The van der Waals surface area contributed by atoms with Crippen LogP contribution in [0.1, 0.15) is 11.6 Å². The number of methoxy groups -OCH3 is 3. The Kier molecular flexibility index (Phi) is 5.88. The second-order valence-electron chi connectivity index (χ2n) is 9.13. The smallest absolute Gasteiger partial charge is 0.266 e. The van der Waals surface area contributed by atoms with Crippen LogP contribution in [0.4, 0.5) is 11.4 Å². The van der Waals surface area contributed by atoms with Gasteiger partial charge < -0.3 is 14.2 Å². The highest BCUT2D eigenvalue weighted by atomic mass is 16.7. The molecular weight excluding hydrogens is 484 g/mol. The first-order chi connectivity index (χ1) is 18.6. The molecule has 2 fully saturated rings. The minimum Gasteiger partial charge on any atom is -0.493 e. The number of fused-ring (bicyclic) bond motifs is 2. The number of carbonyl (C=O) groups excluding carboxylic acids is 2. The lowest BCUT2D eigenvalue weighted by Crippen LogP contribution is -2.37. The third-order valence-corrected chi connectivity index (χ3v) is 7.16. The number of nitrogens with zero attached hydrogens (tertiary/aromatic N) is 2. The molecule has 0 radical (unpaired) electrons. The number of para-hydroxylation sites is 1. The van der Waals surface area contributed by atoms with Crippen molar-refractivity contribution in [1.29, 1.82) is 0 Å². The Morgan fingerprint density at radius 3 is 2.08 bits per heavy atom. The van der Waals surface area contributed by atoms with Crippen molar-refractivity contribution in [3.05, 3.63) is 90.5 Å². The zero-order valence-electron chi connectivity index (χ0n) is 21.2. The number of carbonyl (C=O) groups is 2. The second kappa shape index (κ2) is 9.39. The highest BCUT2D eigenvalue weighted by Gasteiger charge is 2.60. The summed E-state index contributed by atoms with van der Waals surface area (Å²) < 4.78 is 16.7. The highest BCUT2D eigenvalue weighted by molar-refractivity contribution is 6.26. The molecule has 8 heteroatoms. The van der Waals surface area contributed by atoms with Gasteiger partial charge in [0, 0.05) is 5.39 Å². The van der Waals surface area contributed by atoms with Gasteiger partial charge in [-0.15, -0.1) is 0 Å². The van der Waals surface area contributed by atoms with E-state index in [2.05, 4.69) is 0 Å². The SMILES string of the molecule is COc1cc([C@H]2[C@H]3C(=O)N(c4cccc5ccccc45)C(=O)[C@H]3ON2c2ccccc2)cc(OC)c1OC. The number of hydrogen-bond acceptors (Lipinski definition) is 7. The highest BCUT2D eigenvalue weighted by Crippen LogP contribution is 2.50. The van der Waals surface area contributed by atoms with Crippen LogP contribution in [0.25, 0.3) is 10.8 Å². The van der Waals surface area contributed by atoms with Gasteiger partial charge in [0.2, 0.25) is 11.7 Å². The number of amides is 2. The first-order valence-corrected chi connectivity index (χ1v) is 12.2. The van der Waals surface area contributed by atoms with Crippen molar-refractivity contribution >= 4 is 34.0 Å². The summed E-state index contributed by atoms with van der Waals surface area (Å²) in [6.07, 6.45) is -0.995. The van der Waals surface area contributed by atoms with E-state index in [1.807, 2.05) is 66.7 Å². The molecule has 192 valence electrons. The maximum atomic E-state index is 14.1. The summed E-state index contributed by atoms with van der Waals surface area (Å²) in [7, 11) is 4.61. The van der Waals surface area contributed by atoms with Gasteiger partial charge in [0.05, 0.1) is 38.7 Å². The predicted molar refractivity (Wildman–Crippen MR) is 143 cm³/mol. The van der Waals surface area contributed by atoms with E-state index in [-0.39, 0.29) is 5.91 Å². The van der Waals surface area contributed by atoms with Gasteiger partial charge in [-0.1, -0.05) is 54.6 Å². The molecular formula is C30H26N2O6. The zero-order chi connectivity index (χ0) is 26.4. The molecule has 0 spiro atoms. The molecule has 4 aromatic rings. The minimum atomic E-state index is -0.995. The van der Waals surface area contributed by atoms with Gasteiger partial charge in [0.25, 0.3) is 5.91 Å². The average Bonchev–Trinajstić information content (AvgIpc) is 3.47. The van der Waals surface area contributed by atoms with Gasteiger partial charge in [-0.05, 0) is 41.3 Å². The van der Waals surface area contributed by atoms with Crippen molar-refractivity contribution in [2.45, 2.75) is 12.1 Å². The first-order valence-electron chi connectivity index (χ1n) is 12.2. The maximum absolute atomic E-state index is 14.1. The molecule has 0 saturated carbocycles. The number of benzene rings is 4. The minimum absolute atomic E-state index is 0.325. The molecule has 2 saturated heterocycles. The van der Waals surface area contributed by atoms with E-state index in [1.54, 1.807) is 23.3 Å². The Labute approximate surface area is 219 Å². The summed E-state index contributed by atoms with van der Waals surface area (Å²) in [5.74, 6) is -0.195. The van der Waals surface area contributed by atoms with Crippen molar-refractivity contribution in [2.75, 3.05) is 31.3 Å². The third kappa shape index (κ3) is 3.56. The molecule has 6 rings (SSSR count). The van der Waals surface area contributed by atoms with Crippen LogP contribution >= 0.6 is 0 Å². The summed E-state index contributed by atoms with van der Waals surface area (Å²) in [5.41, 5.74) is 1.96. The number of ether oxygens (including phenoxy) is 3. The Hall–Kier alpha value is -4.56. The molecule has 2 aliphatic heterocycles. The largest absolute Gasteiger partial charge is 0.493 e. The van der Waals surface area contributed by atoms with Crippen molar-refractivity contribution in [2.24, 2.45) is 5.92 Å². The summed E-state index contributed by atoms with van der Waals surface area (Å²) >= 11 is 0. The Morgan fingerprint density at radius 1 is 0.737 bits per heavy atom. The van der Waals surface area contributed by atoms with Crippen LogP contribution in [0.2, 0.25) is 0 Å². The van der Waals surface area contributed by atoms with E-state index in [9.17, 15) is 9.59 Å². The number of imide groups is 1. The molecule has 8 nitrogen and oxygen atoms in total. The average molecular weight is 511 g/mol. The summed E-state index contributed by atoms with van der Waals surface area (Å²) in [6.45, 7) is 0. The summed E-state index contributed by atoms with van der Waals surface area (Å²) in [4.78, 5) is 35.5. The van der Waals surface area contributed by atoms with Crippen LogP contribution in [0.5, 0.6) is 17.2 Å². The lowest BCUT2D eigenvalue weighted by Gasteiger charge is -2.29. The normalized spacial score (nSPS) is 20.7. The van der Waals surface area contributed by atoms with E-state index < -0.39 is 24.0 Å². The number of hydrogen-bond donors (Lipinski definition) is 0. The fraction of sp³-hybridized carbons (Fsp3) is 0.200. The van der Waals surface area contributed by atoms with Gasteiger partial charge in [-0.2, -0.15) is 0 Å². The molecule has 38 heavy (non-hydrogen) atoms. The fourth-order valence-corrected chi connectivity index (χ4v) is 5.47. The molecule has 0 aliphatic carbocycles. The van der Waals surface area contributed by atoms with Crippen LogP contribution in [0.3, 0.4) is 0 Å². The quantitative estimate of drug-likeness (QED) is 0.341. The lowest BCUT2D eigenvalue weighted by molar-refractivity contribution is -0.126. The molecule has 0 aromatic heterocycles. The molecule has 2 heterocycles. The van der Waals surface area contributed by atoms with E-state index in [0.29, 0.717) is 28.5 Å². The monoisotopic (exact) mass is 510 g/mol. The van der Waals surface area contributed by atoms with Crippen molar-refractivity contribution in [1.82, 2.24) is 0 Å². The topological polar surface area (TPSA) is 77.5 Å². The van der Waals surface area contributed by atoms with Crippen LogP contribution < -0.4 is 24.2 Å². The first kappa shape index (κ1) is 23.8. The molecule has 2 amide bonds. The van der Waals surface area contributed by atoms with Gasteiger partial charge >= 0.3 is 0 Å².